The van der Waals surface area contributed by atoms with E-state index in [0.29, 0.717) is 11.1 Å². The normalized spacial score (nSPS) is 17.7. The number of hydrogen-bond donors (Lipinski definition) is 0. The maximum atomic E-state index is 6.17. The van der Waals surface area contributed by atoms with E-state index in [4.69, 9.17) is 16.3 Å². The zero-order valence-electron chi connectivity index (χ0n) is 9.79. The fraction of sp³-hybridized carbons (Fsp3) is 0.667. The van der Waals surface area contributed by atoms with E-state index in [1.54, 1.807) is 0 Å². The first-order chi connectivity index (χ1) is 7.72. The molecule has 0 aromatic carbocycles. The molecule has 0 aliphatic carbocycles. The van der Waals surface area contributed by atoms with Crippen molar-refractivity contribution in [2.75, 3.05) is 13.2 Å². The van der Waals surface area contributed by atoms with E-state index in [0.717, 1.165) is 49.6 Å². The summed E-state index contributed by atoms with van der Waals surface area (Å²) in [4.78, 5) is 9.00. The summed E-state index contributed by atoms with van der Waals surface area (Å²) in [6, 6.07) is 0. The van der Waals surface area contributed by atoms with Gasteiger partial charge in [0, 0.05) is 30.4 Å². The van der Waals surface area contributed by atoms with Gasteiger partial charge in [0.1, 0.15) is 11.0 Å². The molecule has 0 amide bonds. The van der Waals surface area contributed by atoms with Gasteiger partial charge in [-0.3, -0.25) is 0 Å². The van der Waals surface area contributed by atoms with Crippen molar-refractivity contribution < 1.29 is 4.74 Å². The average Bonchev–Trinajstić information content (AvgIpc) is 2.30. The van der Waals surface area contributed by atoms with Crippen LogP contribution in [0.1, 0.15) is 42.8 Å². The van der Waals surface area contributed by atoms with Gasteiger partial charge in [-0.05, 0) is 26.2 Å². The average molecular weight is 241 g/mol. The van der Waals surface area contributed by atoms with Gasteiger partial charge in [0.15, 0.2) is 0 Å². The zero-order valence-corrected chi connectivity index (χ0v) is 10.5. The van der Waals surface area contributed by atoms with Crippen LogP contribution in [-0.2, 0) is 11.2 Å². The van der Waals surface area contributed by atoms with Crippen LogP contribution in [0.5, 0.6) is 0 Å². The van der Waals surface area contributed by atoms with Crippen LogP contribution in [0.15, 0.2) is 0 Å². The Morgan fingerprint density at radius 2 is 2.00 bits per heavy atom. The molecule has 0 unspecified atom stereocenters. The fourth-order valence-corrected chi connectivity index (χ4v) is 2.48. The molecule has 16 heavy (non-hydrogen) atoms. The Kier molecular flexibility index (Phi) is 3.77. The highest BCUT2D eigenvalue weighted by Gasteiger charge is 2.20. The van der Waals surface area contributed by atoms with Gasteiger partial charge in [-0.1, -0.05) is 18.5 Å². The Hall–Kier alpha value is -0.670. The van der Waals surface area contributed by atoms with Crippen molar-refractivity contribution >= 4 is 11.6 Å². The molecular weight excluding hydrogens is 224 g/mol. The molecule has 2 heterocycles. The summed E-state index contributed by atoms with van der Waals surface area (Å²) in [6.07, 6.45) is 2.89. The molecule has 1 aromatic heterocycles. The first-order valence-corrected chi connectivity index (χ1v) is 6.20. The van der Waals surface area contributed by atoms with Crippen LogP contribution in [0, 0.1) is 6.92 Å². The van der Waals surface area contributed by atoms with E-state index < -0.39 is 0 Å². The fourth-order valence-electron chi connectivity index (χ4n) is 2.12. The van der Waals surface area contributed by atoms with Gasteiger partial charge in [-0.15, -0.1) is 0 Å². The van der Waals surface area contributed by atoms with Gasteiger partial charge in [0.25, 0.3) is 0 Å². The van der Waals surface area contributed by atoms with Gasteiger partial charge in [0.05, 0.1) is 0 Å². The summed E-state index contributed by atoms with van der Waals surface area (Å²) < 4.78 is 5.34. The zero-order chi connectivity index (χ0) is 11.5. The Labute approximate surface area is 101 Å². The summed E-state index contributed by atoms with van der Waals surface area (Å²) in [5.74, 6) is 1.30. The molecule has 1 aromatic rings. The lowest BCUT2D eigenvalue weighted by Crippen LogP contribution is -2.17. The number of aryl methyl sites for hydroxylation is 1. The molecule has 1 fully saturated rings. The maximum Gasteiger partial charge on any atom is 0.136 e. The lowest BCUT2D eigenvalue weighted by atomic mass is 9.99. The van der Waals surface area contributed by atoms with Crippen molar-refractivity contribution in [3.63, 3.8) is 0 Å². The van der Waals surface area contributed by atoms with E-state index in [1.807, 2.05) is 6.92 Å². The molecule has 3 nitrogen and oxygen atoms in total. The minimum Gasteiger partial charge on any atom is -0.381 e. The predicted molar refractivity (Wildman–Crippen MR) is 64.0 cm³/mol. The molecule has 4 heteroatoms. The molecular formula is C12H17ClN2O. The lowest BCUT2D eigenvalue weighted by Gasteiger charge is -2.21. The van der Waals surface area contributed by atoms with E-state index >= 15 is 0 Å². The third-order valence-corrected chi connectivity index (χ3v) is 3.43. The van der Waals surface area contributed by atoms with Crippen LogP contribution in [0.4, 0.5) is 0 Å². The second-order valence-electron chi connectivity index (χ2n) is 4.18. The Balaban J connectivity index is 2.28. The van der Waals surface area contributed by atoms with Crippen molar-refractivity contribution in [3.8, 4) is 0 Å². The maximum absolute atomic E-state index is 6.17. The predicted octanol–water partition coefficient (Wildman–Crippen LogP) is 2.89. The first-order valence-electron chi connectivity index (χ1n) is 5.83. The molecule has 0 bridgehead atoms. The largest absolute Gasteiger partial charge is 0.381 e. The molecule has 0 radical (unpaired) electrons. The van der Waals surface area contributed by atoms with Crippen LogP contribution in [0.3, 0.4) is 0 Å². The highest BCUT2D eigenvalue weighted by Crippen LogP contribution is 2.27. The number of rotatable bonds is 2. The van der Waals surface area contributed by atoms with Crippen LogP contribution >= 0.6 is 11.6 Å². The van der Waals surface area contributed by atoms with Crippen LogP contribution in [0.2, 0.25) is 5.15 Å². The third kappa shape index (κ3) is 2.36. The second kappa shape index (κ2) is 5.11. The number of nitrogens with zero attached hydrogens (tertiary/aromatic N) is 2. The van der Waals surface area contributed by atoms with Crippen molar-refractivity contribution in [2.24, 2.45) is 0 Å². The van der Waals surface area contributed by atoms with Crippen LogP contribution in [0.25, 0.3) is 0 Å². The highest BCUT2D eigenvalue weighted by molar-refractivity contribution is 6.30. The molecule has 0 atom stereocenters. The smallest absolute Gasteiger partial charge is 0.136 e. The Bertz CT molecular complexity index is 352. The van der Waals surface area contributed by atoms with Gasteiger partial charge in [-0.25, -0.2) is 9.97 Å². The summed E-state index contributed by atoms with van der Waals surface area (Å²) >= 11 is 6.17. The first kappa shape index (κ1) is 11.8. The topological polar surface area (TPSA) is 35.0 Å². The van der Waals surface area contributed by atoms with E-state index in [1.165, 1.54) is 0 Å². The summed E-state index contributed by atoms with van der Waals surface area (Å²) in [5.41, 5.74) is 2.08. The monoisotopic (exact) mass is 240 g/mol. The van der Waals surface area contributed by atoms with E-state index in [9.17, 15) is 0 Å². The minimum atomic E-state index is 0.413. The molecule has 0 spiro atoms. The summed E-state index contributed by atoms with van der Waals surface area (Å²) in [7, 11) is 0. The van der Waals surface area contributed by atoms with E-state index in [-0.39, 0.29) is 0 Å². The van der Waals surface area contributed by atoms with Gasteiger partial charge < -0.3 is 4.74 Å². The van der Waals surface area contributed by atoms with Crippen LogP contribution < -0.4 is 0 Å². The lowest BCUT2D eigenvalue weighted by molar-refractivity contribution is 0.0835. The van der Waals surface area contributed by atoms with Crippen LogP contribution in [-0.4, -0.2) is 23.2 Å². The SMILES string of the molecule is CCc1c(C)nc(C2CCOCC2)nc1Cl. The standard InChI is InChI=1S/C12H17ClN2O/c1-3-10-8(2)14-12(15-11(10)13)9-4-6-16-7-5-9/h9H,3-7H2,1-2H3. The Morgan fingerprint density at radius 1 is 1.31 bits per heavy atom. The molecule has 1 aliphatic rings. The molecule has 2 rings (SSSR count). The van der Waals surface area contributed by atoms with Gasteiger partial charge >= 0.3 is 0 Å². The summed E-state index contributed by atoms with van der Waals surface area (Å²) in [5, 5.41) is 0.622. The van der Waals surface area contributed by atoms with Crippen molar-refractivity contribution in [3.05, 3.63) is 22.2 Å². The molecule has 88 valence electrons. The molecule has 1 saturated heterocycles. The third-order valence-electron chi connectivity index (χ3n) is 3.12. The van der Waals surface area contributed by atoms with Crippen molar-refractivity contribution in [2.45, 2.75) is 39.0 Å². The Morgan fingerprint density at radius 3 is 2.56 bits per heavy atom. The summed E-state index contributed by atoms with van der Waals surface area (Å²) in [6.45, 7) is 5.70. The van der Waals surface area contributed by atoms with Crippen molar-refractivity contribution in [1.29, 1.82) is 0 Å². The number of hydrogen-bond acceptors (Lipinski definition) is 3. The molecule has 0 N–H and O–H groups in total. The molecule has 1 aliphatic heterocycles. The highest BCUT2D eigenvalue weighted by atomic mass is 35.5. The minimum absolute atomic E-state index is 0.413. The van der Waals surface area contributed by atoms with Crippen molar-refractivity contribution in [1.82, 2.24) is 9.97 Å². The van der Waals surface area contributed by atoms with E-state index in [2.05, 4.69) is 16.9 Å². The number of ether oxygens (including phenoxy) is 1. The molecule has 0 saturated carbocycles. The number of aromatic nitrogens is 2. The second-order valence-corrected chi connectivity index (χ2v) is 4.53. The van der Waals surface area contributed by atoms with Gasteiger partial charge in [-0.2, -0.15) is 0 Å². The van der Waals surface area contributed by atoms with Gasteiger partial charge in [0.2, 0.25) is 0 Å². The quantitative estimate of drug-likeness (QED) is 0.746. The number of halogens is 1.